The number of carbonyl (C=O) groups excluding carboxylic acids is 1. The van der Waals surface area contributed by atoms with E-state index in [1.54, 1.807) is 0 Å². The van der Waals surface area contributed by atoms with E-state index in [0.29, 0.717) is 0 Å². The first-order chi connectivity index (χ1) is 9.51. The van der Waals surface area contributed by atoms with Gasteiger partial charge >= 0.3 is 5.97 Å². The lowest BCUT2D eigenvalue weighted by Crippen LogP contribution is -2.38. The summed E-state index contributed by atoms with van der Waals surface area (Å²) in [6.45, 7) is 1.63. The van der Waals surface area contributed by atoms with Crippen molar-refractivity contribution >= 4 is 12.7 Å². The molecule has 0 aromatic carbocycles. The summed E-state index contributed by atoms with van der Waals surface area (Å²) in [5.74, 6) is 1.65. The van der Waals surface area contributed by atoms with Gasteiger partial charge in [0.15, 0.2) is 0 Å². The molecule has 0 aromatic heterocycles. The lowest BCUT2D eigenvalue weighted by atomic mass is 9.27. The fourth-order valence-corrected chi connectivity index (χ4v) is 3.64. The zero-order valence-electron chi connectivity index (χ0n) is 12.6. The fraction of sp³-hybridized carbons (Fsp3) is 0.600. The molecule has 5 heteroatoms. The molecule has 1 spiro atoms. The molecule has 2 aliphatic rings. The molecule has 2 rings (SSSR count). The lowest BCUT2D eigenvalue weighted by molar-refractivity contribution is -0.139. The molecule has 20 heavy (non-hydrogen) atoms. The second-order valence-electron chi connectivity index (χ2n) is 5.87. The molecule has 0 aromatic rings. The number of ether oxygens (including phenoxy) is 1. The standard InChI is InChI=1S/C15H21BN2O2/c1-5-11-12(9-18(2)3)15(7-6-8-15)16(10-17)13(11)14(19)20-4/h5,9,13H,6-8H2,1-4H3/b11-5+,12-9+. The van der Waals surface area contributed by atoms with Crippen molar-refractivity contribution in [3.8, 4) is 5.97 Å². The third-order valence-electron chi connectivity index (χ3n) is 4.65. The molecule has 0 amide bonds. The monoisotopic (exact) mass is 272 g/mol. The van der Waals surface area contributed by atoms with E-state index >= 15 is 0 Å². The third-order valence-corrected chi connectivity index (χ3v) is 4.65. The Kier molecular flexibility index (Phi) is 3.94. The van der Waals surface area contributed by atoms with Gasteiger partial charge in [0.2, 0.25) is 0 Å². The minimum absolute atomic E-state index is 0.153. The number of esters is 1. The minimum Gasteiger partial charge on any atom is -0.469 e. The largest absolute Gasteiger partial charge is 0.469 e. The van der Waals surface area contributed by atoms with E-state index < -0.39 is 5.82 Å². The van der Waals surface area contributed by atoms with E-state index in [9.17, 15) is 10.1 Å². The average Bonchev–Trinajstić information content (AvgIpc) is 2.66. The fourth-order valence-electron chi connectivity index (χ4n) is 3.64. The molecule has 1 atom stereocenters. The van der Waals surface area contributed by atoms with E-state index in [2.05, 4.69) is 12.2 Å². The number of allylic oxidation sites excluding steroid dienone is 2. The quantitative estimate of drug-likeness (QED) is 0.572. The normalized spacial score (nSPS) is 27.6. The number of hydrogen-bond donors (Lipinski definition) is 0. The number of methoxy groups -OCH3 is 1. The van der Waals surface area contributed by atoms with Crippen molar-refractivity contribution in [3.63, 3.8) is 0 Å². The summed E-state index contributed by atoms with van der Waals surface area (Å²) >= 11 is 0. The summed E-state index contributed by atoms with van der Waals surface area (Å²) in [6.07, 6.45) is 7.12. The van der Waals surface area contributed by atoms with Gasteiger partial charge in [0.05, 0.1) is 12.9 Å². The third kappa shape index (κ3) is 1.95. The van der Waals surface area contributed by atoms with Gasteiger partial charge in [-0.3, -0.25) is 4.79 Å². The molecule has 1 saturated heterocycles. The molecule has 1 unspecified atom stereocenters. The Bertz CT molecular complexity index is 512. The maximum Gasteiger partial charge on any atom is 0.306 e. The SMILES string of the molecule is C/C=C1\C(=C/N(C)C)C2(CCC2)B(C#N)C1C(=O)OC. The van der Waals surface area contributed by atoms with Gasteiger partial charge in [-0.05, 0) is 36.2 Å². The van der Waals surface area contributed by atoms with Gasteiger partial charge in [0, 0.05) is 26.3 Å². The van der Waals surface area contributed by atoms with Crippen molar-refractivity contribution in [1.29, 1.82) is 5.26 Å². The van der Waals surface area contributed by atoms with Crippen molar-refractivity contribution in [2.24, 2.45) is 0 Å². The molecule has 1 aliphatic heterocycles. The Morgan fingerprint density at radius 3 is 2.55 bits per heavy atom. The van der Waals surface area contributed by atoms with Gasteiger partial charge in [-0.15, -0.1) is 0 Å². The minimum atomic E-state index is -0.443. The smallest absolute Gasteiger partial charge is 0.306 e. The first-order valence-corrected chi connectivity index (χ1v) is 7.04. The summed E-state index contributed by atoms with van der Waals surface area (Å²) in [4.78, 5) is 14.1. The first-order valence-electron chi connectivity index (χ1n) is 7.04. The molecule has 2 fully saturated rings. The van der Waals surface area contributed by atoms with Gasteiger partial charge < -0.3 is 9.64 Å². The van der Waals surface area contributed by atoms with Crippen LogP contribution in [-0.4, -0.2) is 38.8 Å². The Morgan fingerprint density at radius 2 is 2.20 bits per heavy atom. The molecule has 0 N–H and O–H groups in total. The van der Waals surface area contributed by atoms with Crippen LogP contribution in [0.4, 0.5) is 0 Å². The molecular weight excluding hydrogens is 251 g/mol. The molecule has 1 heterocycles. The van der Waals surface area contributed by atoms with Crippen LogP contribution in [0.25, 0.3) is 0 Å². The van der Waals surface area contributed by atoms with Crippen LogP contribution in [0.1, 0.15) is 26.2 Å². The Morgan fingerprint density at radius 1 is 1.55 bits per heavy atom. The Labute approximate surface area is 121 Å². The van der Waals surface area contributed by atoms with Crippen LogP contribution in [0.15, 0.2) is 23.4 Å². The second-order valence-corrected chi connectivity index (χ2v) is 5.87. The summed E-state index contributed by atoms with van der Waals surface area (Å²) in [5.41, 5.74) is 2.12. The van der Waals surface area contributed by atoms with Crippen LogP contribution in [0.5, 0.6) is 0 Å². The lowest BCUT2D eigenvalue weighted by Gasteiger charge is -2.41. The van der Waals surface area contributed by atoms with Crippen molar-refractivity contribution in [2.75, 3.05) is 21.2 Å². The molecular formula is C15H21BN2O2. The van der Waals surface area contributed by atoms with Crippen LogP contribution >= 0.6 is 0 Å². The molecule has 1 aliphatic carbocycles. The number of hydrogen-bond acceptors (Lipinski definition) is 4. The molecule has 0 bridgehead atoms. The molecule has 106 valence electrons. The zero-order valence-corrected chi connectivity index (χ0v) is 12.6. The van der Waals surface area contributed by atoms with Crippen molar-refractivity contribution in [1.82, 2.24) is 4.90 Å². The summed E-state index contributed by atoms with van der Waals surface area (Å²) in [7, 11) is 5.34. The van der Waals surface area contributed by atoms with Crippen LogP contribution < -0.4 is 0 Å². The highest BCUT2D eigenvalue weighted by atomic mass is 16.5. The van der Waals surface area contributed by atoms with Gasteiger partial charge in [-0.25, -0.2) is 5.26 Å². The van der Waals surface area contributed by atoms with Gasteiger partial charge in [-0.1, -0.05) is 12.5 Å². The van der Waals surface area contributed by atoms with Crippen molar-refractivity contribution < 1.29 is 9.53 Å². The number of carbonyl (C=O) groups is 1. The van der Waals surface area contributed by atoms with Gasteiger partial charge in [0.1, 0.15) is 0 Å². The van der Waals surface area contributed by atoms with Crippen LogP contribution in [0.3, 0.4) is 0 Å². The summed E-state index contributed by atoms with van der Waals surface area (Å²) in [6, 6.07) is 0. The average molecular weight is 272 g/mol. The maximum atomic E-state index is 12.2. The van der Waals surface area contributed by atoms with Crippen LogP contribution in [0, 0.1) is 11.2 Å². The molecule has 0 radical (unpaired) electrons. The molecule has 4 nitrogen and oxygen atoms in total. The highest BCUT2D eigenvalue weighted by Crippen LogP contribution is 2.67. The van der Waals surface area contributed by atoms with E-state index in [-0.39, 0.29) is 18.0 Å². The number of nitrogens with zero attached hydrogens (tertiary/aromatic N) is 2. The van der Waals surface area contributed by atoms with Crippen LogP contribution in [0.2, 0.25) is 11.1 Å². The number of rotatable bonds is 2. The van der Waals surface area contributed by atoms with Gasteiger partial charge in [0.25, 0.3) is 6.71 Å². The Balaban J connectivity index is 2.57. The predicted molar refractivity (Wildman–Crippen MR) is 79.2 cm³/mol. The van der Waals surface area contributed by atoms with E-state index in [0.717, 1.165) is 30.4 Å². The first kappa shape index (κ1) is 14.7. The van der Waals surface area contributed by atoms with Crippen molar-refractivity contribution in [2.45, 2.75) is 37.3 Å². The predicted octanol–water partition coefficient (Wildman–Crippen LogP) is 2.42. The van der Waals surface area contributed by atoms with Crippen molar-refractivity contribution in [3.05, 3.63) is 23.4 Å². The highest BCUT2D eigenvalue weighted by molar-refractivity contribution is 6.78. The Hall–Kier alpha value is -1.70. The topological polar surface area (TPSA) is 53.3 Å². The summed E-state index contributed by atoms with van der Waals surface area (Å²) < 4.78 is 4.94. The van der Waals surface area contributed by atoms with Gasteiger partial charge in [-0.2, -0.15) is 0 Å². The second kappa shape index (κ2) is 5.36. The molecule has 1 saturated carbocycles. The summed E-state index contributed by atoms with van der Waals surface area (Å²) in [5, 5.41) is 9.47. The maximum absolute atomic E-state index is 12.2. The zero-order chi connectivity index (χ0) is 14.9. The van der Waals surface area contributed by atoms with E-state index in [4.69, 9.17) is 4.74 Å². The number of nitriles is 1. The highest BCUT2D eigenvalue weighted by Gasteiger charge is 2.62. The van der Waals surface area contributed by atoms with E-state index in [1.165, 1.54) is 7.11 Å². The van der Waals surface area contributed by atoms with Crippen LogP contribution in [-0.2, 0) is 9.53 Å². The van der Waals surface area contributed by atoms with E-state index in [1.807, 2.05) is 32.0 Å².